The zero-order valence-corrected chi connectivity index (χ0v) is 80.6. The van der Waals surface area contributed by atoms with E-state index in [4.69, 9.17) is 147 Å². The summed E-state index contributed by atoms with van der Waals surface area (Å²) in [4.78, 5) is 0. The van der Waals surface area contributed by atoms with Crippen LogP contribution in [0.4, 0.5) is 0 Å². The first kappa shape index (κ1) is 125. The number of unbranched alkanes of at least 4 members (excludes halogenated alkanes) is 24. The molecule has 0 aromatic carbocycles. The number of hydrogen-bond acceptors (Lipinski definition) is 31. The Labute approximate surface area is 771 Å². The molecule has 0 heterocycles. The van der Waals surface area contributed by atoms with Gasteiger partial charge in [0.05, 0.1) is 396 Å². The Morgan fingerprint density at radius 1 is 0.0866 bits per heavy atom. The second-order valence-corrected chi connectivity index (χ2v) is 29.9. The van der Waals surface area contributed by atoms with Crippen molar-refractivity contribution < 1.29 is 147 Å². The fourth-order valence-corrected chi connectivity index (χ4v) is 11.6. The molecule has 0 aromatic heterocycles. The monoisotopic (exact) mass is 1840 g/mol. The van der Waals surface area contributed by atoms with Gasteiger partial charge in [0.25, 0.3) is 0 Å². The molecule has 0 aromatic rings. The third-order valence-electron chi connectivity index (χ3n) is 18.8. The second-order valence-electron chi connectivity index (χ2n) is 29.9. The van der Waals surface area contributed by atoms with E-state index in [-0.39, 0.29) is 0 Å². The summed E-state index contributed by atoms with van der Waals surface area (Å²) in [6.07, 6.45) is 46.4. The van der Waals surface area contributed by atoms with Crippen molar-refractivity contribution >= 4 is 0 Å². The average Bonchev–Trinajstić information content (AvgIpc) is 1.16. The van der Waals surface area contributed by atoms with Crippen molar-refractivity contribution in [3.63, 3.8) is 0 Å². The Hall–Kier alpha value is -1.76. The Morgan fingerprint density at radius 3 is 0.268 bits per heavy atom. The maximum absolute atomic E-state index is 5.71. The van der Waals surface area contributed by atoms with Crippen molar-refractivity contribution in [2.75, 3.05) is 410 Å². The molecular weight excluding hydrogens is 1650 g/mol. The standard InChI is InChI=1S/C96H190O31/c1-3-5-7-9-11-13-15-17-19-21-23-25-27-29-31-33-35-97-37-39-99-41-43-101-45-47-103-49-51-105-53-55-107-57-59-109-61-63-111-65-67-113-69-71-115-73-75-117-77-79-119-81-83-121-85-87-123-89-91-125-93-95-127-96-94-126-92-90-124-88-86-122-84-82-120-80-78-118-76-74-116-72-70-114-68-66-112-64-62-110-60-58-108-56-54-106-52-50-104-48-46-102-44-42-100-40-38-98-36-34-32-30-28-26-24-22-20-18-16-14-12-10-8-6-4-2/h17-20H,3-16,21-96H2,1-2H3. The van der Waals surface area contributed by atoms with Crippen molar-refractivity contribution in [2.24, 2.45) is 0 Å². The maximum Gasteiger partial charge on any atom is 0.0701 e. The number of rotatable bonds is 122. The van der Waals surface area contributed by atoms with Gasteiger partial charge in [-0.15, -0.1) is 0 Å². The van der Waals surface area contributed by atoms with Crippen LogP contribution in [0.3, 0.4) is 0 Å². The molecule has 31 nitrogen and oxygen atoms in total. The molecule has 0 aliphatic rings. The minimum absolute atomic E-state index is 0.481. The van der Waals surface area contributed by atoms with Crippen molar-refractivity contribution in [2.45, 2.75) is 194 Å². The van der Waals surface area contributed by atoms with Crippen LogP contribution < -0.4 is 0 Å². The summed E-state index contributed by atoms with van der Waals surface area (Å²) in [5, 5.41) is 0. The first-order valence-corrected chi connectivity index (χ1v) is 49.6. The van der Waals surface area contributed by atoms with E-state index in [2.05, 4.69) is 38.2 Å². The number of ether oxygens (including phenoxy) is 31. The summed E-state index contributed by atoms with van der Waals surface area (Å²) in [5.41, 5.74) is 0. The normalized spacial score (nSPS) is 12.0. The van der Waals surface area contributed by atoms with E-state index in [9.17, 15) is 0 Å². The highest BCUT2D eigenvalue weighted by molar-refractivity contribution is 4.82. The van der Waals surface area contributed by atoms with Gasteiger partial charge in [-0.2, -0.15) is 0 Å². The van der Waals surface area contributed by atoms with Crippen LogP contribution in [0.5, 0.6) is 0 Å². The molecule has 0 unspecified atom stereocenters. The van der Waals surface area contributed by atoms with Gasteiger partial charge in [0.2, 0.25) is 0 Å². The Bertz CT molecular complexity index is 1790. The first-order valence-electron chi connectivity index (χ1n) is 49.6. The van der Waals surface area contributed by atoms with E-state index >= 15 is 0 Å². The molecule has 0 radical (unpaired) electrons. The van der Waals surface area contributed by atoms with Gasteiger partial charge >= 0.3 is 0 Å². The predicted molar refractivity (Wildman–Crippen MR) is 494 cm³/mol. The van der Waals surface area contributed by atoms with Gasteiger partial charge in [-0.3, -0.25) is 0 Å². The largest absolute Gasteiger partial charge is 0.379 e. The van der Waals surface area contributed by atoms with Crippen LogP contribution in [0.25, 0.3) is 0 Å². The van der Waals surface area contributed by atoms with Crippen LogP contribution in [0, 0.1) is 0 Å². The van der Waals surface area contributed by atoms with Gasteiger partial charge in [-0.05, 0) is 64.2 Å². The van der Waals surface area contributed by atoms with Crippen LogP contribution in [0.1, 0.15) is 194 Å². The molecule has 0 bridgehead atoms. The van der Waals surface area contributed by atoms with Crippen LogP contribution >= 0.6 is 0 Å². The van der Waals surface area contributed by atoms with Crippen LogP contribution in [0.2, 0.25) is 0 Å². The minimum Gasteiger partial charge on any atom is -0.379 e. The van der Waals surface area contributed by atoms with Gasteiger partial charge in [0.1, 0.15) is 0 Å². The summed E-state index contributed by atoms with van der Waals surface area (Å²) in [5.74, 6) is 0. The first-order chi connectivity index (χ1) is 63.4. The molecule has 127 heavy (non-hydrogen) atoms. The van der Waals surface area contributed by atoms with E-state index in [1.165, 1.54) is 167 Å². The lowest BCUT2D eigenvalue weighted by Gasteiger charge is -2.09. The molecule has 0 aliphatic heterocycles. The van der Waals surface area contributed by atoms with Gasteiger partial charge in [0, 0.05) is 13.2 Å². The molecule has 0 N–H and O–H groups in total. The Kier molecular flexibility index (Phi) is 123. The third-order valence-corrected chi connectivity index (χ3v) is 18.8. The molecule has 31 heteroatoms. The lowest BCUT2D eigenvalue weighted by atomic mass is 10.1. The second kappa shape index (κ2) is 124. The van der Waals surface area contributed by atoms with Gasteiger partial charge in [0.15, 0.2) is 0 Å². The molecular formula is C96H190O31. The van der Waals surface area contributed by atoms with Crippen molar-refractivity contribution in [1.29, 1.82) is 0 Å². The highest BCUT2D eigenvalue weighted by Crippen LogP contribution is 2.13. The zero-order chi connectivity index (χ0) is 90.4. The molecule has 0 fully saturated rings. The van der Waals surface area contributed by atoms with Gasteiger partial charge < -0.3 is 147 Å². The lowest BCUT2D eigenvalue weighted by Crippen LogP contribution is -2.16. The maximum atomic E-state index is 5.71. The van der Waals surface area contributed by atoms with Crippen molar-refractivity contribution in [3.05, 3.63) is 24.3 Å². The molecule has 0 atom stereocenters. The molecule has 0 saturated heterocycles. The van der Waals surface area contributed by atoms with E-state index < -0.39 is 0 Å². The van der Waals surface area contributed by atoms with Crippen LogP contribution in [-0.4, -0.2) is 410 Å². The third kappa shape index (κ3) is 124. The average molecular weight is 1840 g/mol. The zero-order valence-electron chi connectivity index (χ0n) is 80.6. The Morgan fingerprint density at radius 2 is 0.165 bits per heavy atom. The summed E-state index contributed by atoms with van der Waals surface area (Å²) < 4.78 is 173. The molecule has 0 spiro atoms. The van der Waals surface area contributed by atoms with E-state index in [1.54, 1.807) is 0 Å². The predicted octanol–water partition coefficient (Wildman–Crippen LogP) is 13.6. The van der Waals surface area contributed by atoms with Crippen LogP contribution in [-0.2, 0) is 147 Å². The summed E-state index contributed by atoms with van der Waals surface area (Å²) in [7, 11) is 0. The SMILES string of the molecule is CCCCCCCCC=CCCCCCCCCOCCOCCOCCOCCOCCOCCOCCOCCOCCOCCOCCOCCOCCOCCOCCOCCOCCOCCOCCOCCOCCOCCOCCOCCOCCOCCOCCOCCOCCOCCOCCCCCCCCC=CCCCCCCCC. The summed E-state index contributed by atoms with van der Waals surface area (Å²) in [6.45, 7) is 36.4. The Balaban J connectivity index is 3.11. The van der Waals surface area contributed by atoms with Crippen molar-refractivity contribution in [1.82, 2.24) is 0 Å². The highest BCUT2D eigenvalue weighted by Gasteiger charge is 2.05. The fourth-order valence-electron chi connectivity index (χ4n) is 11.6. The van der Waals surface area contributed by atoms with Gasteiger partial charge in [-0.1, -0.05) is 154 Å². The minimum atomic E-state index is 0.481. The quantitative estimate of drug-likeness (QED) is 0.0404. The highest BCUT2D eigenvalue weighted by atomic mass is 16.6. The molecule has 0 saturated carbocycles. The van der Waals surface area contributed by atoms with E-state index in [0.717, 1.165) is 26.1 Å². The topological polar surface area (TPSA) is 286 Å². The van der Waals surface area contributed by atoms with E-state index in [1.807, 2.05) is 0 Å². The fraction of sp³-hybridized carbons (Fsp3) is 0.958. The summed E-state index contributed by atoms with van der Waals surface area (Å²) >= 11 is 0. The molecule has 0 amide bonds. The van der Waals surface area contributed by atoms with E-state index in [0.29, 0.717) is 396 Å². The van der Waals surface area contributed by atoms with Crippen LogP contribution in [0.15, 0.2) is 24.3 Å². The van der Waals surface area contributed by atoms with Gasteiger partial charge in [-0.25, -0.2) is 0 Å². The molecule has 0 rings (SSSR count). The summed E-state index contributed by atoms with van der Waals surface area (Å²) in [6, 6.07) is 0. The smallest absolute Gasteiger partial charge is 0.0701 e. The van der Waals surface area contributed by atoms with Crippen molar-refractivity contribution in [3.8, 4) is 0 Å². The number of hydrogen-bond donors (Lipinski definition) is 0. The molecule has 0 aliphatic carbocycles. The lowest BCUT2D eigenvalue weighted by molar-refractivity contribution is -0.0325. The molecule has 760 valence electrons. The number of allylic oxidation sites excluding steroid dienone is 4.